The lowest BCUT2D eigenvalue weighted by Gasteiger charge is -2.33. The number of carbonyl (C=O) groups is 1. The molecule has 1 fully saturated rings. The Balaban J connectivity index is 1.47. The third-order valence-corrected chi connectivity index (χ3v) is 4.90. The first-order valence-corrected chi connectivity index (χ1v) is 9.11. The van der Waals surface area contributed by atoms with Gasteiger partial charge in [-0.3, -0.25) is 9.89 Å². The number of hydrogen-bond acceptors (Lipinski definition) is 3. The van der Waals surface area contributed by atoms with Crippen LogP contribution in [0.1, 0.15) is 42.9 Å². The molecule has 1 amide bonds. The van der Waals surface area contributed by atoms with Crippen LogP contribution in [-0.2, 0) is 17.6 Å². The van der Waals surface area contributed by atoms with Crippen molar-refractivity contribution in [1.29, 1.82) is 0 Å². The Hall–Kier alpha value is -2.31. The van der Waals surface area contributed by atoms with Crippen LogP contribution in [0.4, 0.5) is 8.78 Å². The highest BCUT2D eigenvalue weighted by Gasteiger charge is 2.23. The van der Waals surface area contributed by atoms with Crippen molar-refractivity contribution in [2.24, 2.45) is 5.92 Å². The minimum atomic E-state index is -0.815. The summed E-state index contributed by atoms with van der Waals surface area (Å²) < 4.78 is 26.3. The first-order valence-electron chi connectivity index (χ1n) is 9.11. The molecule has 0 aliphatic carbocycles. The molecule has 7 heteroatoms. The van der Waals surface area contributed by atoms with Gasteiger partial charge < -0.3 is 4.90 Å². The summed E-state index contributed by atoms with van der Waals surface area (Å²) in [6.07, 6.45) is 4.56. The highest BCUT2D eigenvalue weighted by molar-refractivity contribution is 5.76. The predicted molar refractivity (Wildman–Crippen MR) is 93.4 cm³/mol. The standard InChI is InChI=1S/C19H24F2N4O/c1-13-22-18(24-23-13)8-9-19(26)25-10-2-3-15(12-25)5-4-14-6-7-16(20)17(21)11-14/h6-7,11,15H,2-5,8-10,12H2,1H3,(H,22,23,24)/t15-/m1/s1. The summed E-state index contributed by atoms with van der Waals surface area (Å²) >= 11 is 0. The molecule has 1 aromatic carbocycles. The summed E-state index contributed by atoms with van der Waals surface area (Å²) in [6, 6.07) is 4.06. The number of rotatable bonds is 6. The highest BCUT2D eigenvalue weighted by Crippen LogP contribution is 2.23. The summed E-state index contributed by atoms with van der Waals surface area (Å²) in [5.41, 5.74) is 0.798. The number of likely N-dealkylation sites (tertiary alicyclic amines) is 1. The SMILES string of the molecule is Cc1nc(CCC(=O)N2CCC[C@H](CCc3ccc(F)c(F)c3)C2)n[nH]1. The number of aromatic amines is 1. The van der Waals surface area contributed by atoms with E-state index in [1.54, 1.807) is 6.07 Å². The van der Waals surface area contributed by atoms with Crippen LogP contribution in [0.2, 0.25) is 0 Å². The number of hydrogen-bond donors (Lipinski definition) is 1. The molecule has 3 rings (SSSR count). The number of nitrogens with zero attached hydrogens (tertiary/aromatic N) is 3. The van der Waals surface area contributed by atoms with Crippen LogP contribution in [0, 0.1) is 24.5 Å². The molecule has 1 saturated heterocycles. The smallest absolute Gasteiger partial charge is 0.223 e. The van der Waals surface area contributed by atoms with Crippen molar-refractivity contribution < 1.29 is 13.6 Å². The molecule has 2 heterocycles. The van der Waals surface area contributed by atoms with E-state index in [1.165, 1.54) is 12.1 Å². The van der Waals surface area contributed by atoms with Crippen LogP contribution in [0.3, 0.4) is 0 Å². The van der Waals surface area contributed by atoms with Crippen LogP contribution < -0.4 is 0 Å². The fourth-order valence-electron chi connectivity index (χ4n) is 3.47. The Morgan fingerprint density at radius 2 is 2.15 bits per heavy atom. The zero-order valence-electron chi connectivity index (χ0n) is 15.0. The number of aromatic nitrogens is 3. The Kier molecular flexibility index (Phi) is 5.96. The Morgan fingerprint density at radius 1 is 1.31 bits per heavy atom. The van der Waals surface area contributed by atoms with E-state index >= 15 is 0 Å². The number of nitrogens with one attached hydrogen (secondary N) is 1. The van der Waals surface area contributed by atoms with Crippen LogP contribution in [0.15, 0.2) is 18.2 Å². The maximum absolute atomic E-state index is 13.3. The molecule has 0 bridgehead atoms. The first-order chi connectivity index (χ1) is 12.5. The summed E-state index contributed by atoms with van der Waals surface area (Å²) in [4.78, 5) is 18.6. The largest absolute Gasteiger partial charge is 0.342 e. The fourth-order valence-corrected chi connectivity index (χ4v) is 3.47. The number of benzene rings is 1. The molecular formula is C19H24F2N4O. The Bertz CT molecular complexity index is 762. The summed E-state index contributed by atoms with van der Waals surface area (Å²) in [5.74, 6) is 0.331. The van der Waals surface area contributed by atoms with Gasteiger partial charge in [-0.25, -0.2) is 13.8 Å². The molecule has 0 spiro atoms. The third kappa shape index (κ3) is 4.86. The topological polar surface area (TPSA) is 61.9 Å². The van der Waals surface area contributed by atoms with E-state index < -0.39 is 11.6 Å². The maximum atomic E-state index is 13.3. The quantitative estimate of drug-likeness (QED) is 0.858. The molecule has 1 atom stereocenters. The molecule has 2 aromatic rings. The summed E-state index contributed by atoms with van der Waals surface area (Å²) in [7, 11) is 0. The average molecular weight is 362 g/mol. The van der Waals surface area contributed by atoms with Crippen molar-refractivity contribution >= 4 is 5.91 Å². The first kappa shape index (κ1) is 18.5. The van der Waals surface area contributed by atoms with E-state index in [0.29, 0.717) is 31.0 Å². The van der Waals surface area contributed by atoms with Gasteiger partial charge >= 0.3 is 0 Å². The van der Waals surface area contributed by atoms with E-state index in [-0.39, 0.29) is 5.91 Å². The molecule has 1 aliphatic rings. The van der Waals surface area contributed by atoms with Crippen molar-refractivity contribution in [2.45, 2.75) is 45.4 Å². The van der Waals surface area contributed by atoms with Gasteiger partial charge in [0, 0.05) is 25.9 Å². The van der Waals surface area contributed by atoms with Crippen molar-refractivity contribution in [3.8, 4) is 0 Å². The predicted octanol–water partition coefficient (Wildman–Crippen LogP) is 3.20. The van der Waals surface area contributed by atoms with Gasteiger partial charge in [-0.2, -0.15) is 5.10 Å². The molecule has 140 valence electrons. The minimum Gasteiger partial charge on any atom is -0.342 e. The Morgan fingerprint density at radius 3 is 2.88 bits per heavy atom. The zero-order chi connectivity index (χ0) is 18.5. The van der Waals surface area contributed by atoms with Gasteiger partial charge in [0.1, 0.15) is 5.82 Å². The van der Waals surface area contributed by atoms with E-state index in [1.807, 2.05) is 11.8 Å². The molecule has 0 radical (unpaired) electrons. The molecular weight excluding hydrogens is 338 g/mol. The van der Waals surface area contributed by atoms with Crippen molar-refractivity contribution in [3.05, 3.63) is 47.0 Å². The van der Waals surface area contributed by atoms with Gasteiger partial charge in [0.05, 0.1) is 0 Å². The van der Waals surface area contributed by atoms with Gasteiger partial charge in [0.2, 0.25) is 5.91 Å². The number of piperidine rings is 1. The van der Waals surface area contributed by atoms with Gasteiger partial charge in [-0.15, -0.1) is 0 Å². The van der Waals surface area contributed by atoms with Crippen LogP contribution in [-0.4, -0.2) is 39.1 Å². The molecule has 26 heavy (non-hydrogen) atoms. The zero-order valence-corrected chi connectivity index (χ0v) is 15.0. The number of aryl methyl sites for hydroxylation is 3. The molecule has 0 saturated carbocycles. The van der Waals surface area contributed by atoms with Crippen LogP contribution in [0.5, 0.6) is 0 Å². The lowest BCUT2D eigenvalue weighted by molar-refractivity contribution is -0.133. The van der Waals surface area contributed by atoms with Crippen molar-refractivity contribution in [2.75, 3.05) is 13.1 Å². The van der Waals surface area contributed by atoms with E-state index in [9.17, 15) is 13.6 Å². The van der Waals surface area contributed by atoms with Crippen molar-refractivity contribution in [1.82, 2.24) is 20.1 Å². The Labute approximate surface area is 151 Å². The number of carbonyl (C=O) groups excluding carboxylic acids is 1. The fraction of sp³-hybridized carbons (Fsp3) is 0.526. The van der Waals surface area contributed by atoms with Crippen LogP contribution >= 0.6 is 0 Å². The van der Waals surface area contributed by atoms with Crippen LogP contribution in [0.25, 0.3) is 0 Å². The van der Waals surface area contributed by atoms with E-state index in [0.717, 1.165) is 43.7 Å². The number of amides is 1. The molecule has 5 nitrogen and oxygen atoms in total. The van der Waals surface area contributed by atoms with E-state index in [2.05, 4.69) is 15.2 Å². The molecule has 1 N–H and O–H groups in total. The van der Waals surface area contributed by atoms with Gasteiger partial charge in [0.15, 0.2) is 17.5 Å². The summed E-state index contributed by atoms with van der Waals surface area (Å²) in [6.45, 7) is 3.35. The summed E-state index contributed by atoms with van der Waals surface area (Å²) in [5, 5.41) is 6.84. The minimum absolute atomic E-state index is 0.130. The third-order valence-electron chi connectivity index (χ3n) is 4.90. The average Bonchev–Trinajstić information content (AvgIpc) is 3.06. The van der Waals surface area contributed by atoms with Gasteiger partial charge in [-0.05, 0) is 56.2 Å². The maximum Gasteiger partial charge on any atom is 0.223 e. The van der Waals surface area contributed by atoms with E-state index in [4.69, 9.17) is 0 Å². The van der Waals surface area contributed by atoms with Gasteiger partial charge in [0.25, 0.3) is 0 Å². The van der Waals surface area contributed by atoms with Gasteiger partial charge in [-0.1, -0.05) is 6.07 Å². The second-order valence-corrected chi connectivity index (χ2v) is 6.97. The lowest BCUT2D eigenvalue weighted by Crippen LogP contribution is -2.40. The highest BCUT2D eigenvalue weighted by atomic mass is 19.2. The molecule has 1 aromatic heterocycles. The normalized spacial score (nSPS) is 17.5. The number of halogens is 2. The monoisotopic (exact) mass is 362 g/mol. The lowest BCUT2D eigenvalue weighted by atomic mass is 9.91. The second kappa shape index (κ2) is 8.38. The van der Waals surface area contributed by atoms with Crippen molar-refractivity contribution in [3.63, 3.8) is 0 Å². The molecule has 0 unspecified atom stereocenters. The molecule has 1 aliphatic heterocycles. The number of H-pyrrole nitrogens is 1. The second-order valence-electron chi connectivity index (χ2n) is 6.97.